The molecule has 1 fully saturated rings. The van der Waals surface area contributed by atoms with Crippen LogP contribution < -0.4 is 5.66 Å². The van der Waals surface area contributed by atoms with Crippen LogP contribution in [0, 0.1) is 6.57 Å². The predicted octanol–water partition coefficient (Wildman–Crippen LogP) is 3.28. The van der Waals surface area contributed by atoms with Gasteiger partial charge in [0.05, 0.1) is 17.8 Å². The number of benzene rings is 1. The fourth-order valence-electron chi connectivity index (χ4n) is 2.28. The van der Waals surface area contributed by atoms with Crippen LogP contribution in [0.5, 0.6) is 0 Å². The summed E-state index contributed by atoms with van der Waals surface area (Å²) in [5.41, 5.74) is 0.716. The molecular formula is C15H16BNO3. The summed E-state index contributed by atoms with van der Waals surface area (Å²) < 4.78 is 17.7. The molecule has 1 aliphatic rings. The van der Waals surface area contributed by atoms with E-state index >= 15 is 0 Å². The molecule has 0 atom stereocenters. The number of para-hydroxylation sites is 1. The number of hydrogen-bond donors (Lipinski definition) is 0. The Labute approximate surface area is 118 Å². The van der Waals surface area contributed by atoms with Crippen molar-refractivity contribution in [3.8, 4) is 0 Å². The van der Waals surface area contributed by atoms with Crippen molar-refractivity contribution < 1.29 is 13.7 Å². The Morgan fingerprint density at radius 3 is 2.25 bits per heavy atom. The highest BCUT2D eigenvalue weighted by Gasteiger charge is 2.53. The third-order valence-electron chi connectivity index (χ3n) is 4.17. The summed E-state index contributed by atoms with van der Waals surface area (Å²) in [7, 11) is -0.642. The van der Waals surface area contributed by atoms with E-state index < -0.39 is 18.3 Å². The Hall–Kier alpha value is -1.77. The maximum absolute atomic E-state index is 7.40. The van der Waals surface area contributed by atoms with Gasteiger partial charge in [-0.15, -0.1) is 0 Å². The Bertz CT molecular complexity index is 695. The molecule has 2 heterocycles. The molecule has 0 spiro atoms. The molecule has 5 heteroatoms. The molecule has 0 saturated carbocycles. The molecule has 102 valence electrons. The van der Waals surface area contributed by atoms with Crippen molar-refractivity contribution in [2.75, 3.05) is 0 Å². The van der Waals surface area contributed by atoms with Gasteiger partial charge in [-0.1, -0.05) is 18.2 Å². The first-order valence-corrected chi connectivity index (χ1v) is 6.60. The van der Waals surface area contributed by atoms with Gasteiger partial charge in [0.15, 0.2) is 0 Å². The largest absolute Gasteiger partial charge is 0.520 e. The third-order valence-corrected chi connectivity index (χ3v) is 4.17. The van der Waals surface area contributed by atoms with E-state index in [0.29, 0.717) is 16.9 Å². The quantitative estimate of drug-likeness (QED) is 0.588. The number of furan rings is 1. The summed E-state index contributed by atoms with van der Waals surface area (Å²) in [4.78, 5) is 3.60. The molecule has 1 aliphatic heterocycles. The first-order chi connectivity index (χ1) is 9.36. The zero-order chi connectivity index (χ0) is 14.5. The summed E-state index contributed by atoms with van der Waals surface area (Å²) in [6, 6.07) is 7.49. The van der Waals surface area contributed by atoms with Crippen molar-refractivity contribution in [1.82, 2.24) is 0 Å². The van der Waals surface area contributed by atoms with Gasteiger partial charge in [-0.25, -0.2) is 4.85 Å². The number of rotatable bonds is 1. The fourth-order valence-corrected chi connectivity index (χ4v) is 2.28. The lowest BCUT2D eigenvalue weighted by Crippen LogP contribution is -2.41. The Morgan fingerprint density at radius 2 is 1.65 bits per heavy atom. The average Bonchev–Trinajstić information content (AvgIpc) is 2.84. The van der Waals surface area contributed by atoms with Gasteiger partial charge in [-0.2, -0.15) is 0 Å². The standard InChI is InChI=1S/C15H16BNO3/c1-14(2)15(3,4)20-16(19-14)13-12(17-5)10-8-6-7-9-11(10)18-13/h6-9H,1-4H3. The first-order valence-electron chi connectivity index (χ1n) is 6.60. The van der Waals surface area contributed by atoms with Crippen LogP contribution in [0.1, 0.15) is 27.7 Å². The van der Waals surface area contributed by atoms with Gasteiger partial charge in [0.2, 0.25) is 5.69 Å². The van der Waals surface area contributed by atoms with E-state index in [1.807, 2.05) is 52.0 Å². The molecule has 0 amide bonds. The van der Waals surface area contributed by atoms with Crippen molar-refractivity contribution in [1.29, 1.82) is 0 Å². The second kappa shape index (κ2) is 4.11. The van der Waals surface area contributed by atoms with Crippen LogP contribution in [0.25, 0.3) is 15.8 Å². The van der Waals surface area contributed by atoms with Gasteiger partial charge in [-0.3, -0.25) is 0 Å². The van der Waals surface area contributed by atoms with Crippen LogP contribution in [-0.4, -0.2) is 18.3 Å². The van der Waals surface area contributed by atoms with E-state index in [1.165, 1.54) is 0 Å². The predicted molar refractivity (Wildman–Crippen MR) is 78.2 cm³/mol. The summed E-state index contributed by atoms with van der Waals surface area (Å²) >= 11 is 0. The van der Waals surface area contributed by atoms with Crippen molar-refractivity contribution in [2.45, 2.75) is 38.9 Å². The summed E-state index contributed by atoms with van der Waals surface area (Å²) in [5, 5.41) is 0.798. The van der Waals surface area contributed by atoms with Crippen LogP contribution in [0.3, 0.4) is 0 Å². The first kappa shape index (κ1) is 13.2. The second-order valence-electron chi connectivity index (χ2n) is 6.01. The van der Waals surface area contributed by atoms with Crippen molar-refractivity contribution in [3.63, 3.8) is 0 Å². The molecule has 0 N–H and O–H groups in total. The van der Waals surface area contributed by atoms with Crippen LogP contribution >= 0.6 is 0 Å². The van der Waals surface area contributed by atoms with Gasteiger partial charge < -0.3 is 13.7 Å². The minimum absolute atomic E-state index is 0.448. The molecule has 1 saturated heterocycles. The molecule has 3 rings (SSSR count). The van der Waals surface area contributed by atoms with Crippen molar-refractivity contribution in [2.24, 2.45) is 0 Å². The molecule has 0 radical (unpaired) electrons. The summed E-state index contributed by atoms with van der Waals surface area (Å²) in [6.07, 6.45) is 0. The van der Waals surface area contributed by atoms with Crippen LogP contribution in [-0.2, 0) is 9.31 Å². The fraction of sp³-hybridized carbons (Fsp3) is 0.400. The molecule has 4 nitrogen and oxygen atoms in total. The van der Waals surface area contributed by atoms with Crippen LogP contribution in [0.2, 0.25) is 0 Å². The smallest absolute Gasteiger partial charge is 0.477 e. The van der Waals surface area contributed by atoms with E-state index in [4.69, 9.17) is 20.3 Å². The number of fused-ring (bicyclic) bond motifs is 1. The molecule has 0 unspecified atom stereocenters. The topological polar surface area (TPSA) is 36.0 Å². The van der Waals surface area contributed by atoms with Crippen LogP contribution in [0.15, 0.2) is 28.7 Å². The Kier molecular flexibility index (Phi) is 2.72. The van der Waals surface area contributed by atoms with Gasteiger partial charge in [0.1, 0.15) is 11.2 Å². The summed E-state index contributed by atoms with van der Waals surface area (Å²) in [6.45, 7) is 15.3. The zero-order valence-corrected chi connectivity index (χ0v) is 12.1. The lowest BCUT2D eigenvalue weighted by atomic mass is 9.85. The van der Waals surface area contributed by atoms with E-state index in [2.05, 4.69) is 4.85 Å². The van der Waals surface area contributed by atoms with E-state index in [-0.39, 0.29) is 0 Å². The van der Waals surface area contributed by atoms with Gasteiger partial charge in [0.25, 0.3) is 0 Å². The number of nitrogens with zero attached hydrogens (tertiary/aromatic N) is 1. The lowest BCUT2D eigenvalue weighted by Gasteiger charge is -2.32. The Balaban J connectivity index is 2.11. The third kappa shape index (κ3) is 1.76. The minimum atomic E-state index is -0.642. The highest BCUT2D eigenvalue weighted by atomic mass is 16.7. The zero-order valence-electron chi connectivity index (χ0n) is 12.1. The maximum Gasteiger partial charge on any atom is 0.520 e. The minimum Gasteiger partial charge on any atom is -0.477 e. The van der Waals surface area contributed by atoms with E-state index in [0.717, 1.165) is 5.39 Å². The van der Waals surface area contributed by atoms with Crippen molar-refractivity contribution in [3.05, 3.63) is 35.7 Å². The monoisotopic (exact) mass is 269 g/mol. The van der Waals surface area contributed by atoms with Crippen LogP contribution in [0.4, 0.5) is 5.69 Å². The normalized spacial score (nSPS) is 20.2. The maximum atomic E-state index is 7.40. The Morgan fingerprint density at radius 1 is 1.05 bits per heavy atom. The van der Waals surface area contributed by atoms with Gasteiger partial charge in [0, 0.05) is 5.39 Å². The second-order valence-corrected chi connectivity index (χ2v) is 6.01. The average molecular weight is 269 g/mol. The molecule has 1 aromatic carbocycles. The number of hydrogen-bond acceptors (Lipinski definition) is 3. The van der Waals surface area contributed by atoms with E-state index in [9.17, 15) is 0 Å². The summed E-state index contributed by atoms with van der Waals surface area (Å²) in [5.74, 6) is 0. The van der Waals surface area contributed by atoms with E-state index in [1.54, 1.807) is 0 Å². The molecule has 0 aliphatic carbocycles. The van der Waals surface area contributed by atoms with Gasteiger partial charge >= 0.3 is 7.12 Å². The SMILES string of the molecule is [C-]#[N+]c1c(B2OC(C)(C)C(C)(C)O2)oc2ccccc12. The lowest BCUT2D eigenvalue weighted by molar-refractivity contribution is 0.00578. The van der Waals surface area contributed by atoms with Crippen molar-refractivity contribution >= 4 is 29.4 Å². The molecule has 2 aromatic rings. The van der Waals surface area contributed by atoms with Gasteiger partial charge in [-0.05, 0) is 33.8 Å². The highest BCUT2D eigenvalue weighted by Crippen LogP contribution is 2.38. The molecule has 0 bridgehead atoms. The molecule has 1 aromatic heterocycles. The molecule has 20 heavy (non-hydrogen) atoms. The highest BCUT2D eigenvalue weighted by molar-refractivity contribution is 6.63. The molecular weight excluding hydrogens is 253 g/mol.